The van der Waals surface area contributed by atoms with E-state index in [-0.39, 0.29) is 0 Å². The van der Waals surface area contributed by atoms with E-state index in [1.807, 2.05) is 30.1 Å². The predicted octanol–water partition coefficient (Wildman–Crippen LogP) is 2.26. The molecule has 4 nitrogen and oxygen atoms in total. The van der Waals surface area contributed by atoms with Gasteiger partial charge in [0.25, 0.3) is 0 Å². The van der Waals surface area contributed by atoms with Gasteiger partial charge in [-0.1, -0.05) is 13.8 Å². The fourth-order valence-corrected chi connectivity index (χ4v) is 1.75. The Morgan fingerprint density at radius 3 is 2.75 bits per heavy atom. The standard InChI is InChI=1S/C12H17N3O/c1-8(2)12-10(7-15(3)14-12)11-5-4-9(6-13)16-11/h4-5,7-8H,6,13H2,1-3H3. The summed E-state index contributed by atoms with van der Waals surface area (Å²) in [6.45, 7) is 4.68. The molecule has 0 saturated heterocycles. The van der Waals surface area contributed by atoms with Gasteiger partial charge in [-0.3, -0.25) is 4.68 Å². The second-order valence-electron chi connectivity index (χ2n) is 4.23. The van der Waals surface area contributed by atoms with Crippen LogP contribution in [0, 0.1) is 0 Å². The van der Waals surface area contributed by atoms with Gasteiger partial charge in [0.1, 0.15) is 11.5 Å². The smallest absolute Gasteiger partial charge is 0.137 e. The summed E-state index contributed by atoms with van der Waals surface area (Å²) < 4.78 is 7.46. The minimum atomic E-state index is 0.377. The molecule has 0 radical (unpaired) electrons. The van der Waals surface area contributed by atoms with Crippen molar-refractivity contribution in [3.8, 4) is 11.3 Å². The number of hydrogen-bond donors (Lipinski definition) is 1. The van der Waals surface area contributed by atoms with Crippen LogP contribution in [0.25, 0.3) is 11.3 Å². The van der Waals surface area contributed by atoms with Crippen LogP contribution in [0.15, 0.2) is 22.7 Å². The lowest BCUT2D eigenvalue weighted by Crippen LogP contribution is -1.93. The number of rotatable bonds is 3. The Labute approximate surface area is 95.1 Å². The van der Waals surface area contributed by atoms with Crippen molar-refractivity contribution in [2.75, 3.05) is 0 Å². The third kappa shape index (κ3) is 1.88. The van der Waals surface area contributed by atoms with Crippen molar-refractivity contribution in [1.29, 1.82) is 0 Å². The SMILES string of the molecule is CC(C)c1nn(C)cc1-c1ccc(CN)o1. The summed E-state index contributed by atoms with van der Waals surface area (Å²) in [5.74, 6) is 2.02. The van der Waals surface area contributed by atoms with Gasteiger partial charge in [0.2, 0.25) is 0 Å². The van der Waals surface area contributed by atoms with Gasteiger partial charge in [0, 0.05) is 13.2 Å². The molecule has 16 heavy (non-hydrogen) atoms. The van der Waals surface area contributed by atoms with Crippen LogP contribution in [-0.2, 0) is 13.6 Å². The lowest BCUT2D eigenvalue weighted by atomic mass is 10.1. The highest BCUT2D eigenvalue weighted by Gasteiger charge is 2.15. The van der Waals surface area contributed by atoms with Crippen LogP contribution in [0.4, 0.5) is 0 Å². The molecule has 2 aromatic rings. The maximum atomic E-state index is 5.64. The average Bonchev–Trinajstić information content (AvgIpc) is 2.82. The molecule has 0 fully saturated rings. The van der Waals surface area contributed by atoms with Crippen LogP contribution in [0.5, 0.6) is 0 Å². The van der Waals surface area contributed by atoms with Gasteiger partial charge in [-0.15, -0.1) is 0 Å². The molecule has 0 bridgehead atoms. The maximum Gasteiger partial charge on any atom is 0.137 e. The first-order chi connectivity index (χ1) is 7.61. The fourth-order valence-electron chi connectivity index (χ4n) is 1.75. The predicted molar refractivity (Wildman–Crippen MR) is 62.9 cm³/mol. The van der Waals surface area contributed by atoms with Gasteiger partial charge in [0.05, 0.1) is 17.8 Å². The van der Waals surface area contributed by atoms with Crippen LogP contribution in [0.2, 0.25) is 0 Å². The highest BCUT2D eigenvalue weighted by Crippen LogP contribution is 2.29. The Hall–Kier alpha value is -1.55. The summed E-state index contributed by atoms with van der Waals surface area (Å²) in [7, 11) is 1.92. The normalized spacial score (nSPS) is 11.3. The third-order valence-electron chi connectivity index (χ3n) is 2.53. The first kappa shape index (κ1) is 11.0. The zero-order valence-corrected chi connectivity index (χ0v) is 9.90. The van der Waals surface area contributed by atoms with Crippen molar-refractivity contribution in [2.45, 2.75) is 26.3 Å². The Balaban J connectivity index is 2.46. The van der Waals surface area contributed by atoms with E-state index in [9.17, 15) is 0 Å². The quantitative estimate of drug-likeness (QED) is 0.861. The molecule has 0 saturated carbocycles. The topological polar surface area (TPSA) is 57.0 Å². The maximum absolute atomic E-state index is 5.64. The van der Waals surface area contributed by atoms with Crippen LogP contribution in [0.3, 0.4) is 0 Å². The molecule has 86 valence electrons. The largest absolute Gasteiger partial charge is 0.460 e. The van der Waals surface area contributed by atoms with Crippen molar-refractivity contribution in [3.63, 3.8) is 0 Å². The second kappa shape index (κ2) is 4.14. The van der Waals surface area contributed by atoms with Crippen molar-refractivity contribution in [3.05, 3.63) is 29.8 Å². The monoisotopic (exact) mass is 219 g/mol. The molecule has 0 aliphatic rings. The highest BCUT2D eigenvalue weighted by molar-refractivity contribution is 5.60. The van der Waals surface area contributed by atoms with Gasteiger partial charge in [-0.2, -0.15) is 5.10 Å². The zero-order valence-electron chi connectivity index (χ0n) is 9.90. The molecule has 0 unspecified atom stereocenters. The molecular formula is C12H17N3O. The molecule has 4 heteroatoms. The number of nitrogens with two attached hydrogens (primary N) is 1. The first-order valence-corrected chi connectivity index (χ1v) is 5.44. The van der Waals surface area contributed by atoms with Crippen LogP contribution in [0.1, 0.15) is 31.2 Å². The summed E-state index contributed by atoms with van der Waals surface area (Å²) in [6.07, 6.45) is 1.98. The number of nitrogens with zero attached hydrogens (tertiary/aromatic N) is 2. The first-order valence-electron chi connectivity index (χ1n) is 5.44. The van der Waals surface area contributed by atoms with Gasteiger partial charge in [0.15, 0.2) is 0 Å². The minimum absolute atomic E-state index is 0.377. The summed E-state index contributed by atoms with van der Waals surface area (Å²) in [6, 6.07) is 3.86. The van der Waals surface area contributed by atoms with Gasteiger partial charge in [-0.25, -0.2) is 0 Å². The van der Waals surface area contributed by atoms with Gasteiger partial charge >= 0.3 is 0 Å². The van der Waals surface area contributed by atoms with E-state index in [0.29, 0.717) is 12.5 Å². The highest BCUT2D eigenvalue weighted by atomic mass is 16.3. The Kier molecular flexibility index (Phi) is 2.83. The van der Waals surface area contributed by atoms with E-state index >= 15 is 0 Å². The third-order valence-corrected chi connectivity index (χ3v) is 2.53. The molecule has 2 N–H and O–H groups in total. The molecule has 0 spiro atoms. The molecule has 0 atom stereocenters. The Bertz CT molecular complexity index is 482. The van der Waals surface area contributed by atoms with E-state index in [2.05, 4.69) is 18.9 Å². The van der Waals surface area contributed by atoms with E-state index < -0.39 is 0 Å². The number of aryl methyl sites for hydroxylation is 1. The van der Waals surface area contributed by atoms with E-state index in [4.69, 9.17) is 10.2 Å². The molecule has 2 heterocycles. The van der Waals surface area contributed by atoms with Crippen LogP contribution < -0.4 is 5.73 Å². The summed E-state index contributed by atoms with van der Waals surface area (Å²) in [5.41, 5.74) is 7.64. The number of aromatic nitrogens is 2. The average molecular weight is 219 g/mol. The lowest BCUT2D eigenvalue weighted by molar-refractivity contribution is 0.524. The van der Waals surface area contributed by atoms with Gasteiger partial charge < -0.3 is 10.2 Å². The minimum Gasteiger partial charge on any atom is -0.460 e. The Morgan fingerprint density at radius 1 is 1.44 bits per heavy atom. The van der Waals surface area contributed by atoms with Crippen molar-refractivity contribution >= 4 is 0 Å². The summed E-state index contributed by atoms with van der Waals surface area (Å²) >= 11 is 0. The molecule has 0 aliphatic heterocycles. The molecule has 0 amide bonds. The van der Waals surface area contributed by atoms with Crippen molar-refractivity contribution in [1.82, 2.24) is 9.78 Å². The molecule has 0 aromatic carbocycles. The van der Waals surface area contributed by atoms with E-state index in [1.165, 1.54) is 0 Å². The molecule has 2 aromatic heterocycles. The van der Waals surface area contributed by atoms with Crippen LogP contribution in [-0.4, -0.2) is 9.78 Å². The summed E-state index contributed by atoms with van der Waals surface area (Å²) in [5, 5.41) is 4.45. The Morgan fingerprint density at radius 2 is 2.19 bits per heavy atom. The van der Waals surface area contributed by atoms with E-state index in [1.54, 1.807) is 0 Å². The number of furan rings is 1. The van der Waals surface area contributed by atoms with E-state index in [0.717, 1.165) is 22.8 Å². The molecule has 2 rings (SSSR count). The fraction of sp³-hybridized carbons (Fsp3) is 0.417. The van der Waals surface area contributed by atoms with Crippen LogP contribution >= 0.6 is 0 Å². The van der Waals surface area contributed by atoms with Crippen molar-refractivity contribution in [2.24, 2.45) is 12.8 Å². The zero-order chi connectivity index (χ0) is 11.7. The summed E-state index contributed by atoms with van der Waals surface area (Å²) in [4.78, 5) is 0. The lowest BCUT2D eigenvalue weighted by Gasteiger charge is -2.02. The molecule has 0 aliphatic carbocycles. The second-order valence-corrected chi connectivity index (χ2v) is 4.23. The van der Waals surface area contributed by atoms with Crippen molar-refractivity contribution < 1.29 is 4.42 Å². The molecular weight excluding hydrogens is 202 g/mol. The van der Waals surface area contributed by atoms with Gasteiger partial charge in [-0.05, 0) is 18.1 Å². The number of hydrogen-bond acceptors (Lipinski definition) is 3.